The fourth-order valence-corrected chi connectivity index (χ4v) is 0. The molecule has 0 aromatic rings. The molecule has 0 aliphatic heterocycles. The molecule has 14 heavy (non-hydrogen) atoms. The van der Waals surface area contributed by atoms with Crippen molar-refractivity contribution in [2.24, 2.45) is 0 Å². The molecule has 14 heteroatoms. The second-order valence-electron chi connectivity index (χ2n) is 0.848. The molecule has 12 N–H and O–H groups in total. The number of hydrogen-bond donors (Lipinski definition) is 8. The first-order valence-corrected chi connectivity index (χ1v) is 5.86. The molecule has 0 saturated carbocycles. The van der Waals surface area contributed by atoms with Gasteiger partial charge in [-0.15, -0.1) is 0 Å². The summed E-state index contributed by atoms with van der Waals surface area (Å²) in [6.45, 7) is 0. The standard InChI is InChI=1S/2H3N.3H3O3P/c;;3*1-4(2)3/h2*1H3;3*4H,(H2,1,2,3). The molecule has 0 heterocycles. The summed E-state index contributed by atoms with van der Waals surface area (Å²) in [5.41, 5.74) is 0. The van der Waals surface area contributed by atoms with Crippen LogP contribution in [0.3, 0.4) is 0 Å². The Morgan fingerprint density at radius 2 is 0.500 bits per heavy atom. The average Bonchev–Trinajstić information content (AvgIpc) is 1.54. The quantitative estimate of drug-likeness (QED) is 0.235. The topological polar surface area (TPSA) is 243 Å². The number of rotatable bonds is 0. The Morgan fingerprint density at radius 1 is 0.500 bits per heavy atom. The molecule has 0 radical (unpaired) electrons. The minimum atomic E-state index is -3.13. The van der Waals surface area contributed by atoms with Crippen molar-refractivity contribution in [1.82, 2.24) is 12.3 Å². The van der Waals surface area contributed by atoms with Gasteiger partial charge in [-0.1, -0.05) is 0 Å². The largest absolute Gasteiger partial charge is 0.344 e. The van der Waals surface area contributed by atoms with Crippen LogP contribution in [-0.2, 0) is 13.7 Å². The summed E-state index contributed by atoms with van der Waals surface area (Å²) >= 11 is 0. The van der Waals surface area contributed by atoms with E-state index in [1.165, 1.54) is 0 Å². The van der Waals surface area contributed by atoms with Crippen molar-refractivity contribution in [3.05, 3.63) is 0 Å². The maximum atomic E-state index is 8.74. The molecule has 0 rings (SSSR count). The van der Waals surface area contributed by atoms with Gasteiger partial charge in [0.15, 0.2) is 0 Å². The van der Waals surface area contributed by atoms with Crippen molar-refractivity contribution in [2.75, 3.05) is 0 Å². The molecule has 0 bridgehead atoms. The zero-order chi connectivity index (χ0) is 10.7. The van der Waals surface area contributed by atoms with E-state index in [1.807, 2.05) is 0 Å². The fraction of sp³-hybridized carbons (Fsp3) is 0. The third kappa shape index (κ3) is 11700. The molecule has 0 spiro atoms. The van der Waals surface area contributed by atoms with Gasteiger partial charge in [0.1, 0.15) is 0 Å². The van der Waals surface area contributed by atoms with Crippen molar-refractivity contribution in [3.8, 4) is 0 Å². The molecule has 0 atom stereocenters. The molecular formula is H15N2O9P3. The van der Waals surface area contributed by atoms with E-state index in [-0.39, 0.29) is 12.3 Å². The lowest BCUT2D eigenvalue weighted by atomic mass is 14.0. The summed E-state index contributed by atoms with van der Waals surface area (Å²) in [5.74, 6) is 0. The van der Waals surface area contributed by atoms with Gasteiger partial charge in [-0.3, -0.25) is 13.7 Å². The van der Waals surface area contributed by atoms with Crippen molar-refractivity contribution in [3.63, 3.8) is 0 Å². The summed E-state index contributed by atoms with van der Waals surface area (Å²) in [4.78, 5) is 42.9. The molecule has 0 aliphatic rings. The third-order valence-electron chi connectivity index (χ3n) is 0. The van der Waals surface area contributed by atoms with Crippen molar-refractivity contribution < 1.29 is 43.1 Å². The van der Waals surface area contributed by atoms with Crippen LogP contribution < -0.4 is 12.3 Å². The molecule has 0 saturated heterocycles. The van der Waals surface area contributed by atoms with Gasteiger partial charge in [-0.2, -0.15) is 0 Å². The maximum Gasteiger partial charge on any atom is 0.314 e. The van der Waals surface area contributed by atoms with Crippen LogP contribution in [0.2, 0.25) is 0 Å². The Bertz CT molecular complexity index is 116. The highest BCUT2D eigenvalue weighted by Crippen LogP contribution is 1.99. The monoisotopic (exact) mass is 280 g/mol. The lowest BCUT2D eigenvalue weighted by Crippen LogP contribution is -1.38. The van der Waals surface area contributed by atoms with Gasteiger partial charge in [0, 0.05) is 0 Å². The van der Waals surface area contributed by atoms with Gasteiger partial charge in [0.2, 0.25) is 0 Å². The van der Waals surface area contributed by atoms with E-state index in [0.717, 1.165) is 0 Å². The molecule has 0 fully saturated rings. The summed E-state index contributed by atoms with van der Waals surface area (Å²) in [7, 11) is -9.39. The highest BCUT2D eigenvalue weighted by Gasteiger charge is 1.62. The highest BCUT2D eigenvalue weighted by molar-refractivity contribution is 7.31. The molecule has 0 aliphatic carbocycles. The zero-order valence-electron chi connectivity index (χ0n) is 6.82. The van der Waals surface area contributed by atoms with Crippen molar-refractivity contribution in [1.29, 1.82) is 0 Å². The van der Waals surface area contributed by atoms with Crippen LogP contribution >= 0.6 is 24.8 Å². The summed E-state index contributed by atoms with van der Waals surface area (Å²) in [5, 5.41) is 0. The van der Waals surface area contributed by atoms with Crippen LogP contribution in [0.15, 0.2) is 0 Å². The molecule has 0 aromatic carbocycles. The lowest BCUT2D eigenvalue weighted by Gasteiger charge is -1.61. The van der Waals surface area contributed by atoms with Gasteiger partial charge in [0.05, 0.1) is 0 Å². The Labute approximate surface area is 81.1 Å². The minimum Gasteiger partial charge on any atom is -0.344 e. The summed E-state index contributed by atoms with van der Waals surface area (Å²) in [6.07, 6.45) is 0. The van der Waals surface area contributed by atoms with E-state index in [4.69, 9.17) is 43.1 Å². The van der Waals surface area contributed by atoms with E-state index in [0.29, 0.717) is 0 Å². The van der Waals surface area contributed by atoms with Gasteiger partial charge in [-0.25, -0.2) is 0 Å². The normalized spacial score (nSPS) is 7.50. The second-order valence-corrected chi connectivity index (χ2v) is 2.54. The van der Waals surface area contributed by atoms with Gasteiger partial charge >= 0.3 is 24.8 Å². The van der Waals surface area contributed by atoms with Crippen LogP contribution in [-0.4, -0.2) is 29.4 Å². The SMILES string of the molecule is N.N.O=[PH](O)O.O=[PH](O)O.O=[PH](O)O. The van der Waals surface area contributed by atoms with E-state index >= 15 is 0 Å². The smallest absolute Gasteiger partial charge is 0.314 e. The molecule has 0 unspecified atom stereocenters. The molecule has 0 amide bonds. The van der Waals surface area contributed by atoms with Crippen LogP contribution in [0.25, 0.3) is 0 Å². The highest BCUT2D eigenvalue weighted by atomic mass is 31.1. The Hall–Kier alpha value is 0.370. The Kier molecular flexibility index (Phi) is 48.7. The summed E-state index contributed by atoms with van der Waals surface area (Å²) in [6, 6.07) is 0. The first kappa shape index (κ1) is 29.3. The first-order valence-electron chi connectivity index (χ1n) is 1.95. The van der Waals surface area contributed by atoms with E-state index in [2.05, 4.69) is 0 Å². The van der Waals surface area contributed by atoms with Crippen molar-refractivity contribution >= 4 is 24.8 Å². The van der Waals surface area contributed by atoms with Crippen LogP contribution in [0.5, 0.6) is 0 Å². The first-order chi connectivity index (χ1) is 5.20. The van der Waals surface area contributed by atoms with Crippen LogP contribution in [0.1, 0.15) is 0 Å². The van der Waals surface area contributed by atoms with E-state index < -0.39 is 24.8 Å². The number of hydrogen-bond acceptors (Lipinski definition) is 5. The summed E-state index contributed by atoms with van der Waals surface area (Å²) < 4.78 is 26.2. The average molecular weight is 280 g/mol. The van der Waals surface area contributed by atoms with Gasteiger partial charge in [0.25, 0.3) is 0 Å². The van der Waals surface area contributed by atoms with Crippen LogP contribution in [0.4, 0.5) is 0 Å². The van der Waals surface area contributed by atoms with Crippen molar-refractivity contribution in [2.45, 2.75) is 0 Å². The predicted molar refractivity (Wildman–Crippen MR) is 50.4 cm³/mol. The Morgan fingerprint density at radius 3 is 0.500 bits per heavy atom. The van der Waals surface area contributed by atoms with E-state index in [9.17, 15) is 0 Å². The van der Waals surface area contributed by atoms with Gasteiger partial charge < -0.3 is 41.7 Å². The molecule has 94 valence electrons. The maximum absolute atomic E-state index is 8.74. The van der Waals surface area contributed by atoms with E-state index in [1.54, 1.807) is 0 Å². The zero-order valence-corrected chi connectivity index (χ0v) is 9.82. The lowest BCUT2D eigenvalue weighted by molar-refractivity contribution is 0.403. The Balaban J connectivity index is -0.0000000270. The molecular weight excluding hydrogens is 265 g/mol. The third-order valence-corrected chi connectivity index (χ3v) is 0. The predicted octanol–water partition coefficient (Wildman–Crippen LogP) is -1.59. The fourth-order valence-electron chi connectivity index (χ4n) is 0. The minimum absolute atomic E-state index is 0. The molecule has 0 aromatic heterocycles. The second kappa shape index (κ2) is 23.3. The van der Waals surface area contributed by atoms with Gasteiger partial charge in [-0.05, 0) is 0 Å². The molecule has 11 nitrogen and oxygen atoms in total. The van der Waals surface area contributed by atoms with Crippen LogP contribution in [0, 0.1) is 0 Å².